The molecule has 0 aliphatic carbocycles. The second-order valence-electron chi connectivity index (χ2n) is 6.12. The molecule has 3 rings (SSSR count). The lowest BCUT2D eigenvalue weighted by atomic mass is 10.2. The molecule has 2 aromatic rings. The minimum absolute atomic E-state index is 0.211. The molecule has 1 aliphatic rings. The number of carbonyl (C=O) groups is 2. The summed E-state index contributed by atoms with van der Waals surface area (Å²) in [6.07, 6.45) is 1.72. The number of thioether (sulfide) groups is 1. The van der Waals surface area contributed by atoms with Crippen LogP contribution in [0.5, 0.6) is 11.5 Å². The van der Waals surface area contributed by atoms with Gasteiger partial charge in [0.25, 0.3) is 11.1 Å². The minimum atomic E-state index is -0.298. The summed E-state index contributed by atoms with van der Waals surface area (Å²) in [5.41, 5.74) is 1.91. The first-order valence-electron chi connectivity index (χ1n) is 8.85. The molecule has 1 heterocycles. The van der Waals surface area contributed by atoms with Gasteiger partial charge in [0, 0.05) is 0 Å². The first kappa shape index (κ1) is 20.5. The maximum atomic E-state index is 12.6. The summed E-state index contributed by atoms with van der Waals surface area (Å²) in [5.74, 6) is 1.16. The first-order valence-corrected chi connectivity index (χ1v) is 10.5. The molecule has 0 spiro atoms. The van der Waals surface area contributed by atoms with Crippen LogP contribution in [-0.4, -0.2) is 35.8 Å². The Hall–Kier alpha value is -2.25. The van der Waals surface area contributed by atoms with Crippen molar-refractivity contribution in [1.82, 2.24) is 4.90 Å². The number of rotatable bonds is 7. The van der Waals surface area contributed by atoms with Crippen molar-refractivity contribution < 1.29 is 19.1 Å². The van der Waals surface area contributed by atoms with E-state index in [9.17, 15) is 9.59 Å². The Morgan fingerprint density at radius 3 is 2.68 bits per heavy atom. The van der Waals surface area contributed by atoms with Crippen LogP contribution in [0, 0.1) is 6.92 Å². The van der Waals surface area contributed by atoms with Gasteiger partial charge in [-0.1, -0.05) is 18.2 Å². The number of benzene rings is 2. The normalized spacial score (nSPS) is 15.4. The van der Waals surface area contributed by atoms with Crippen molar-refractivity contribution in [2.45, 2.75) is 13.8 Å². The molecule has 0 saturated carbocycles. The highest BCUT2D eigenvalue weighted by molar-refractivity contribution is 9.10. The molecule has 0 N–H and O–H groups in total. The Morgan fingerprint density at radius 2 is 1.96 bits per heavy atom. The van der Waals surface area contributed by atoms with Crippen LogP contribution in [0.25, 0.3) is 6.08 Å². The van der Waals surface area contributed by atoms with Gasteiger partial charge < -0.3 is 9.47 Å². The second kappa shape index (κ2) is 9.30. The number of carbonyl (C=O) groups excluding carboxylic acids is 2. The standard InChI is InChI=1S/C21H20BrNO4S/c1-3-26-18-8-7-15(12-17(18)22)13-19-20(24)23(21(25)28-19)9-10-27-16-6-4-5-14(2)11-16/h4-8,11-13H,3,9-10H2,1-2H3/b19-13-. The van der Waals surface area contributed by atoms with Crippen molar-refractivity contribution in [3.63, 3.8) is 0 Å². The monoisotopic (exact) mass is 461 g/mol. The van der Waals surface area contributed by atoms with Crippen LogP contribution < -0.4 is 9.47 Å². The van der Waals surface area contributed by atoms with Gasteiger partial charge in [0.15, 0.2) is 0 Å². The summed E-state index contributed by atoms with van der Waals surface area (Å²) < 4.78 is 11.9. The molecule has 0 radical (unpaired) electrons. The number of halogens is 1. The quantitative estimate of drug-likeness (QED) is 0.525. The van der Waals surface area contributed by atoms with Crippen molar-refractivity contribution in [1.29, 1.82) is 0 Å². The fourth-order valence-electron chi connectivity index (χ4n) is 2.68. The summed E-state index contributed by atoms with van der Waals surface area (Å²) in [7, 11) is 0. The van der Waals surface area contributed by atoms with Crippen LogP contribution in [0.15, 0.2) is 51.8 Å². The Bertz CT molecular complexity index is 928. The van der Waals surface area contributed by atoms with Gasteiger partial charge in [-0.3, -0.25) is 14.5 Å². The van der Waals surface area contributed by atoms with E-state index in [-0.39, 0.29) is 24.3 Å². The Labute approximate surface area is 176 Å². The Balaban J connectivity index is 1.64. The van der Waals surface area contributed by atoms with Crippen LogP contribution in [0.4, 0.5) is 4.79 Å². The lowest BCUT2D eigenvalue weighted by Crippen LogP contribution is -2.32. The zero-order chi connectivity index (χ0) is 20.1. The number of nitrogens with zero attached hydrogens (tertiary/aromatic N) is 1. The van der Waals surface area contributed by atoms with E-state index in [1.807, 2.05) is 56.3 Å². The summed E-state index contributed by atoms with van der Waals surface area (Å²) >= 11 is 4.40. The maximum Gasteiger partial charge on any atom is 0.293 e. The number of aryl methyl sites for hydroxylation is 1. The topological polar surface area (TPSA) is 55.8 Å². The molecular weight excluding hydrogens is 442 g/mol. The summed E-state index contributed by atoms with van der Waals surface area (Å²) in [6, 6.07) is 13.2. The van der Waals surface area contributed by atoms with Crippen molar-refractivity contribution in [2.24, 2.45) is 0 Å². The predicted molar refractivity (Wildman–Crippen MR) is 115 cm³/mol. The second-order valence-corrected chi connectivity index (χ2v) is 7.97. The number of ether oxygens (including phenoxy) is 2. The number of hydrogen-bond donors (Lipinski definition) is 0. The zero-order valence-corrected chi connectivity index (χ0v) is 18.0. The SMILES string of the molecule is CCOc1ccc(/C=C2\SC(=O)N(CCOc3cccc(C)c3)C2=O)cc1Br. The summed E-state index contributed by atoms with van der Waals surface area (Å²) in [4.78, 5) is 26.4. The summed E-state index contributed by atoms with van der Waals surface area (Å²) in [6.45, 7) is 4.93. The smallest absolute Gasteiger partial charge is 0.293 e. The van der Waals surface area contributed by atoms with Crippen molar-refractivity contribution >= 4 is 44.9 Å². The molecule has 2 aromatic carbocycles. The Morgan fingerprint density at radius 1 is 1.14 bits per heavy atom. The van der Waals surface area contributed by atoms with Crippen LogP contribution in [0.2, 0.25) is 0 Å². The average Bonchev–Trinajstić information content (AvgIpc) is 2.91. The van der Waals surface area contributed by atoms with Crippen LogP contribution in [0.1, 0.15) is 18.1 Å². The lowest BCUT2D eigenvalue weighted by molar-refractivity contribution is -0.123. The molecule has 1 aliphatic heterocycles. The van der Waals surface area contributed by atoms with Gasteiger partial charge in [-0.2, -0.15) is 0 Å². The molecule has 7 heteroatoms. The number of amides is 2. The van der Waals surface area contributed by atoms with E-state index < -0.39 is 0 Å². The Kier molecular flexibility index (Phi) is 6.80. The third-order valence-electron chi connectivity index (χ3n) is 4.00. The molecule has 1 saturated heterocycles. The van der Waals surface area contributed by atoms with E-state index in [1.54, 1.807) is 6.08 Å². The largest absolute Gasteiger partial charge is 0.493 e. The van der Waals surface area contributed by atoms with Gasteiger partial charge in [-0.15, -0.1) is 0 Å². The minimum Gasteiger partial charge on any atom is -0.493 e. The maximum absolute atomic E-state index is 12.6. The highest BCUT2D eigenvalue weighted by atomic mass is 79.9. The van der Waals surface area contributed by atoms with E-state index in [2.05, 4.69) is 15.9 Å². The highest BCUT2D eigenvalue weighted by Gasteiger charge is 2.34. The highest BCUT2D eigenvalue weighted by Crippen LogP contribution is 2.33. The number of imide groups is 1. The predicted octanol–water partition coefficient (Wildman–Crippen LogP) is 5.27. The molecule has 1 fully saturated rings. The fraction of sp³-hybridized carbons (Fsp3) is 0.238. The van der Waals surface area contributed by atoms with Gasteiger partial charge >= 0.3 is 0 Å². The first-order chi connectivity index (χ1) is 13.5. The van der Waals surface area contributed by atoms with Gasteiger partial charge in [0.1, 0.15) is 18.1 Å². The van der Waals surface area contributed by atoms with E-state index >= 15 is 0 Å². The van der Waals surface area contributed by atoms with Gasteiger partial charge in [-0.05, 0) is 83.0 Å². The van der Waals surface area contributed by atoms with Crippen molar-refractivity contribution in [2.75, 3.05) is 19.8 Å². The number of hydrogen-bond acceptors (Lipinski definition) is 5. The lowest BCUT2D eigenvalue weighted by Gasteiger charge is -2.13. The van der Waals surface area contributed by atoms with E-state index in [0.29, 0.717) is 11.5 Å². The fourth-order valence-corrected chi connectivity index (χ4v) is 4.06. The molecule has 2 amide bonds. The molecule has 28 heavy (non-hydrogen) atoms. The molecular formula is C21H20BrNO4S. The van der Waals surface area contributed by atoms with Crippen LogP contribution in [0.3, 0.4) is 0 Å². The van der Waals surface area contributed by atoms with Crippen LogP contribution >= 0.6 is 27.7 Å². The van der Waals surface area contributed by atoms with Crippen molar-refractivity contribution in [3.8, 4) is 11.5 Å². The van der Waals surface area contributed by atoms with Crippen molar-refractivity contribution in [3.05, 3.63) is 63.0 Å². The van der Waals surface area contributed by atoms with Gasteiger partial charge in [-0.25, -0.2) is 0 Å². The summed E-state index contributed by atoms with van der Waals surface area (Å²) in [5, 5.41) is -0.283. The molecule has 0 unspecified atom stereocenters. The molecule has 0 atom stereocenters. The van der Waals surface area contributed by atoms with Crippen LogP contribution in [-0.2, 0) is 4.79 Å². The molecule has 0 bridgehead atoms. The van der Waals surface area contributed by atoms with E-state index in [4.69, 9.17) is 9.47 Å². The zero-order valence-electron chi connectivity index (χ0n) is 15.6. The van der Waals surface area contributed by atoms with Gasteiger partial charge in [0.05, 0.1) is 22.5 Å². The average molecular weight is 462 g/mol. The van der Waals surface area contributed by atoms with E-state index in [0.717, 1.165) is 38.9 Å². The van der Waals surface area contributed by atoms with Gasteiger partial charge in [0.2, 0.25) is 0 Å². The third kappa shape index (κ3) is 4.97. The molecule has 146 valence electrons. The molecule has 0 aromatic heterocycles. The molecule has 5 nitrogen and oxygen atoms in total. The third-order valence-corrected chi connectivity index (χ3v) is 5.53. The van der Waals surface area contributed by atoms with E-state index in [1.165, 1.54) is 4.90 Å².